The van der Waals surface area contributed by atoms with Crippen molar-refractivity contribution in [1.29, 1.82) is 0 Å². The number of hydrogen-bond acceptors (Lipinski definition) is 5. The summed E-state index contributed by atoms with van der Waals surface area (Å²) in [6.45, 7) is 6.63. The molecule has 0 aromatic carbocycles. The Bertz CT molecular complexity index is 712. The van der Waals surface area contributed by atoms with E-state index in [-0.39, 0.29) is 0 Å². The summed E-state index contributed by atoms with van der Waals surface area (Å²) in [5.74, 6) is 1.05. The summed E-state index contributed by atoms with van der Waals surface area (Å²) in [5, 5.41) is 13.2. The Hall–Kier alpha value is -2.24. The molecule has 3 aromatic heterocycles. The quantitative estimate of drug-likeness (QED) is 0.689. The van der Waals surface area contributed by atoms with Gasteiger partial charge in [0.1, 0.15) is 0 Å². The van der Waals surface area contributed by atoms with E-state index in [1.807, 2.05) is 24.7 Å². The van der Waals surface area contributed by atoms with Crippen molar-refractivity contribution in [2.75, 3.05) is 0 Å². The highest BCUT2D eigenvalue weighted by atomic mass is 16.4. The van der Waals surface area contributed by atoms with E-state index >= 15 is 0 Å². The molecule has 3 heterocycles. The van der Waals surface area contributed by atoms with E-state index in [0.29, 0.717) is 11.8 Å². The number of rotatable bonds is 2. The first-order valence-corrected chi connectivity index (χ1v) is 5.82. The van der Waals surface area contributed by atoms with E-state index in [1.54, 1.807) is 13.1 Å². The molecular formula is C12H13N5O. The summed E-state index contributed by atoms with van der Waals surface area (Å²) in [7, 11) is 0. The second kappa shape index (κ2) is 3.90. The smallest absolute Gasteiger partial charge is 0.249 e. The van der Waals surface area contributed by atoms with Crippen molar-refractivity contribution in [3.63, 3.8) is 0 Å². The molecule has 0 bridgehead atoms. The number of hydrogen-bond donors (Lipinski definition) is 0. The summed E-state index contributed by atoms with van der Waals surface area (Å²) >= 11 is 0. The van der Waals surface area contributed by atoms with Gasteiger partial charge < -0.3 is 4.42 Å². The van der Waals surface area contributed by atoms with Gasteiger partial charge in [0.2, 0.25) is 11.8 Å². The highest BCUT2D eigenvalue weighted by Crippen LogP contribution is 2.26. The maximum atomic E-state index is 5.44. The normalized spacial score (nSPS) is 11.3. The lowest BCUT2D eigenvalue weighted by atomic mass is 10.1. The average Bonchev–Trinajstić information content (AvgIpc) is 2.96. The maximum Gasteiger partial charge on any atom is 0.249 e. The number of fused-ring (bicyclic) bond motifs is 1. The van der Waals surface area contributed by atoms with Crippen LogP contribution in [0.15, 0.2) is 16.8 Å². The molecular weight excluding hydrogens is 230 g/mol. The molecule has 0 atom stereocenters. The Morgan fingerprint density at radius 3 is 2.72 bits per heavy atom. The van der Waals surface area contributed by atoms with E-state index in [9.17, 15) is 0 Å². The van der Waals surface area contributed by atoms with Gasteiger partial charge in [-0.25, -0.2) is 9.67 Å². The molecule has 0 saturated carbocycles. The fourth-order valence-electron chi connectivity index (χ4n) is 2.00. The Morgan fingerprint density at radius 1 is 1.22 bits per heavy atom. The fraction of sp³-hybridized carbons (Fsp3) is 0.333. The van der Waals surface area contributed by atoms with Crippen LogP contribution < -0.4 is 0 Å². The molecule has 0 N–H and O–H groups in total. The molecule has 0 aliphatic rings. The Kier molecular flexibility index (Phi) is 2.36. The van der Waals surface area contributed by atoms with Crippen LogP contribution in [0.25, 0.3) is 22.5 Å². The van der Waals surface area contributed by atoms with E-state index in [4.69, 9.17) is 4.42 Å². The standard InChI is InChI=1S/C12H13N5O/c1-4-17-11-9(6-14-17)7(2)10(5-13-11)12-16-15-8(3)18-12/h5-6H,4H2,1-3H3. The third kappa shape index (κ3) is 1.49. The molecule has 0 unspecified atom stereocenters. The van der Waals surface area contributed by atoms with Crippen molar-refractivity contribution < 1.29 is 4.42 Å². The third-order valence-electron chi connectivity index (χ3n) is 2.99. The third-order valence-corrected chi connectivity index (χ3v) is 2.99. The fourth-order valence-corrected chi connectivity index (χ4v) is 2.00. The van der Waals surface area contributed by atoms with Crippen molar-refractivity contribution in [1.82, 2.24) is 25.0 Å². The molecule has 0 aliphatic heterocycles. The Balaban J connectivity index is 2.23. The van der Waals surface area contributed by atoms with E-state index < -0.39 is 0 Å². The maximum absolute atomic E-state index is 5.44. The summed E-state index contributed by atoms with van der Waals surface area (Å²) in [6.07, 6.45) is 3.59. The molecule has 6 nitrogen and oxygen atoms in total. The summed E-state index contributed by atoms with van der Waals surface area (Å²) in [6, 6.07) is 0. The van der Waals surface area contributed by atoms with E-state index in [0.717, 1.165) is 28.7 Å². The number of aromatic nitrogens is 5. The number of pyridine rings is 1. The molecule has 0 radical (unpaired) electrons. The van der Waals surface area contributed by atoms with Gasteiger partial charge >= 0.3 is 0 Å². The highest BCUT2D eigenvalue weighted by molar-refractivity contribution is 5.84. The zero-order valence-corrected chi connectivity index (χ0v) is 10.5. The summed E-state index contributed by atoms with van der Waals surface area (Å²) in [4.78, 5) is 4.43. The Labute approximate surface area is 104 Å². The first kappa shape index (κ1) is 10.9. The van der Waals surface area contributed by atoms with Gasteiger partial charge in [0.25, 0.3) is 0 Å². The van der Waals surface area contributed by atoms with Crippen LogP contribution in [-0.2, 0) is 6.54 Å². The van der Waals surface area contributed by atoms with Crippen LogP contribution in [0.2, 0.25) is 0 Å². The lowest BCUT2D eigenvalue weighted by Gasteiger charge is -2.03. The van der Waals surface area contributed by atoms with Gasteiger partial charge in [0.15, 0.2) is 5.65 Å². The summed E-state index contributed by atoms with van der Waals surface area (Å²) < 4.78 is 7.31. The van der Waals surface area contributed by atoms with Crippen LogP contribution in [0.5, 0.6) is 0 Å². The van der Waals surface area contributed by atoms with Crippen molar-refractivity contribution in [2.45, 2.75) is 27.3 Å². The molecule has 6 heteroatoms. The van der Waals surface area contributed by atoms with E-state index in [1.165, 1.54) is 0 Å². The Morgan fingerprint density at radius 2 is 2.06 bits per heavy atom. The van der Waals surface area contributed by atoms with Gasteiger partial charge in [-0.15, -0.1) is 10.2 Å². The minimum absolute atomic E-state index is 0.503. The van der Waals surface area contributed by atoms with E-state index in [2.05, 4.69) is 20.3 Å². The van der Waals surface area contributed by atoms with Gasteiger partial charge in [0.05, 0.1) is 11.8 Å². The van der Waals surface area contributed by atoms with Crippen molar-refractivity contribution in [2.24, 2.45) is 0 Å². The molecule has 0 amide bonds. The molecule has 3 aromatic rings. The van der Waals surface area contributed by atoms with Gasteiger partial charge in [-0.05, 0) is 19.4 Å². The average molecular weight is 243 g/mol. The van der Waals surface area contributed by atoms with Gasteiger partial charge in [-0.2, -0.15) is 5.10 Å². The molecule has 0 saturated heterocycles. The van der Waals surface area contributed by atoms with Crippen LogP contribution >= 0.6 is 0 Å². The predicted molar refractivity (Wildman–Crippen MR) is 66.0 cm³/mol. The second-order valence-corrected chi connectivity index (χ2v) is 4.12. The largest absolute Gasteiger partial charge is 0.421 e. The molecule has 0 fully saturated rings. The van der Waals surface area contributed by atoms with Crippen LogP contribution in [-0.4, -0.2) is 25.0 Å². The molecule has 92 valence electrons. The van der Waals surface area contributed by atoms with Crippen LogP contribution in [0, 0.1) is 13.8 Å². The monoisotopic (exact) mass is 243 g/mol. The minimum atomic E-state index is 0.503. The molecule has 18 heavy (non-hydrogen) atoms. The highest BCUT2D eigenvalue weighted by Gasteiger charge is 2.14. The van der Waals surface area contributed by atoms with Crippen LogP contribution in [0.4, 0.5) is 0 Å². The van der Waals surface area contributed by atoms with Gasteiger partial charge in [-0.3, -0.25) is 0 Å². The number of nitrogens with zero attached hydrogens (tertiary/aromatic N) is 5. The van der Waals surface area contributed by atoms with Crippen LogP contribution in [0.3, 0.4) is 0 Å². The first-order valence-electron chi connectivity index (χ1n) is 5.82. The van der Waals surface area contributed by atoms with Crippen molar-refractivity contribution >= 4 is 11.0 Å². The van der Waals surface area contributed by atoms with Crippen LogP contribution in [0.1, 0.15) is 18.4 Å². The first-order chi connectivity index (χ1) is 8.70. The zero-order valence-electron chi connectivity index (χ0n) is 10.5. The van der Waals surface area contributed by atoms with Crippen molar-refractivity contribution in [3.8, 4) is 11.5 Å². The predicted octanol–water partition coefficient (Wildman–Crippen LogP) is 2.12. The second-order valence-electron chi connectivity index (χ2n) is 4.12. The minimum Gasteiger partial charge on any atom is -0.421 e. The van der Waals surface area contributed by atoms with Gasteiger partial charge in [-0.1, -0.05) is 0 Å². The summed E-state index contributed by atoms with van der Waals surface area (Å²) in [5.41, 5.74) is 2.80. The zero-order chi connectivity index (χ0) is 12.7. The van der Waals surface area contributed by atoms with Gasteiger partial charge in [0, 0.05) is 25.1 Å². The molecule has 0 spiro atoms. The SMILES string of the molecule is CCn1ncc2c(C)c(-c3nnc(C)o3)cnc21. The molecule has 0 aliphatic carbocycles. The van der Waals surface area contributed by atoms with Crippen molar-refractivity contribution in [3.05, 3.63) is 23.8 Å². The molecule has 3 rings (SSSR count). The number of aryl methyl sites for hydroxylation is 3. The topological polar surface area (TPSA) is 69.6 Å². The lowest BCUT2D eigenvalue weighted by molar-refractivity contribution is 0.532. The lowest BCUT2D eigenvalue weighted by Crippen LogP contribution is -1.98.